The fourth-order valence-corrected chi connectivity index (χ4v) is 2.72. The summed E-state index contributed by atoms with van der Waals surface area (Å²) in [6, 6.07) is 10.0. The minimum Gasteiger partial charge on any atom is -0.409 e. The fraction of sp³-hybridized carbons (Fsp3) is 0.562. The molecule has 0 bridgehead atoms. The molecule has 0 amide bonds. The van der Waals surface area contributed by atoms with Gasteiger partial charge < -0.3 is 15.8 Å². The van der Waals surface area contributed by atoms with Crippen LogP contribution in [-0.4, -0.2) is 35.6 Å². The van der Waals surface area contributed by atoms with Crippen molar-refractivity contribution in [1.29, 1.82) is 0 Å². The zero-order valence-corrected chi connectivity index (χ0v) is 12.4. The van der Waals surface area contributed by atoms with Crippen LogP contribution in [0.1, 0.15) is 38.2 Å². The van der Waals surface area contributed by atoms with Gasteiger partial charge in [-0.25, -0.2) is 0 Å². The van der Waals surface area contributed by atoms with Gasteiger partial charge in [0.05, 0.1) is 5.92 Å². The van der Waals surface area contributed by atoms with E-state index in [0.29, 0.717) is 11.3 Å². The highest BCUT2D eigenvalue weighted by molar-refractivity contribution is 5.87. The van der Waals surface area contributed by atoms with E-state index in [1.54, 1.807) is 0 Å². The van der Waals surface area contributed by atoms with Crippen molar-refractivity contribution in [1.82, 2.24) is 4.90 Å². The van der Waals surface area contributed by atoms with Gasteiger partial charge in [0.15, 0.2) is 0 Å². The summed E-state index contributed by atoms with van der Waals surface area (Å²) in [5.74, 6) is 0.253. The molecule has 1 aliphatic rings. The molecular formula is C16H25N3O. The molecule has 1 atom stereocenters. The van der Waals surface area contributed by atoms with Crippen LogP contribution >= 0.6 is 0 Å². The van der Waals surface area contributed by atoms with E-state index in [-0.39, 0.29) is 5.92 Å². The summed E-state index contributed by atoms with van der Waals surface area (Å²) in [6.45, 7) is 7.62. The van der Waals surface area contributed by atoms with E-state index < -0.39 is 0 Å². The van der Waals surface area contributed by atoms with Crippen LogP contribution < -0.4 is 5.73 Å². The third-order valence-corrected chi connectivity index (χ3v) is 4.32. The zero-order valence-electron chi connectivity index (χ0n) is 12.4. The topological polar surface area (TPSA) is 61.8 Å². The molecule has 1 heterocycles. The number of oxime groups is 1. The van der Waals surface area contributed by atoms with Gasteiger partial charge in [-0.15, -0.1) is 0 Å². The van der Waals surface area contributed by atoms with Crippen molar-refractivity contribution in [2.75, 3.05) is 19.6 Å². The Morgan fingerprint density at radius 3 is 2.45 bits per heavy atom. The third kappa shape index (κ3) is 3.73. The average Bonchev–Trinajstić information content (AvgIpc) is 2.46. The van der Waals surface area contributed by atoms with Crippen LogP contribution in [0.3, 0.4) is 0 Å². The fourth-order valence-electron chi connectivity index (χ4n) is 2.72. The molecule has 0 spiro atoms. The lowest BCUT2D eigenvalue weighted by atomic mass is 9.82. The van der Waals surface area contributed by atoms with Crippen LogP contribution in [0.4, 0.5) is 0 Å². The van der Waals surface area contributed by atoms with Gasteiger partial charge in [-0.05, 0) is 36.9 Å². The second kappa shape index (κ2) is 6.27. The van der Waals surface area contributed by atoms with Gasteiger partial charge in [0.1, 0.15) is 5.84 Å². The van der Waals surface area contributed by atoms with Crippen molar-refractivity contribution >= 4 is 5.84 Å². The number of rotatable bonds is 4. The molecule has 1 aromatic rings. The quantitative estimate of drug-likeness (QED) is 0.384. The van der Waals surface area contributed by atoms with Crippen LogP contribution in [0, 0.1) is 5.41 Å². The standard InChI is InChI=1S/C16H25N3O/c1-16(2)8-10-19(11-9-16)12-14(15(17)18-20)13-6-4-3-5-7-13/h3-7,14,20H,8-12H2,1-2H3,(H2,17,18). The Morgan fingerprint density at radius 2 is 1.90 bits per heavy atom. The maximum absolute atomic E-state index is 9.02. The Bertz CT molecular complexity index is 446. The van der Waals surface area contributed by atoms with Crippen LogP contribution in [0.5, 0.6) is 0 Å². The molecule has 3 N–H and O–H groups in total. The highest BCUT2D eigenvalue weighted by atomic mass is 16.4. The molecule has 0 aromatic heterocycles. The number of hydrogen-bond donors (Lipinski definition) is 2. The molecule has 0 radical (unpaired) electrons. The van der Waals surface area contributed by atoms with E-state index in [1.807, 2.05) is 30.3 Å². The Balaban J connectivity index is 2.06. The van der Waals surface area contributed by atoms with Crippen molar-refractivity contribution < 1.29 is 5.21 Å². The summed E-state index contributed by atoms with van der Waals surface area (Å²) >= 11 is 0. The van der Waals surface area contributed by atoms with E-state index in [0.717, 1.165) is 25.2 Å². The first-order chi connectivity index (χ1) is 9.52. The molecule has 1 saturated heterocycles. The number of likely N-dealkylation sites (tertiary alicyclic amines) is 1. The monoisotopic (exact) mass is 275 g/mol. The molecule has 1 aromatic carbocycles. The summed E-state index contributed by atoms with van der Waals surface area (Å²) in [6.07, 6.45) is 2.40. The van der Waals surface area contributed by atoms with Crippen molar-refractivity contribution in [3.8, 4) is 0 Å². The van der Waals surface area contributed by atoms with Crippen LogP contribution in [0.2, 0.25) is 0 Å². The molecule has 1 fully saturated rings. The number of amidine groups is 1. The minimum absolute atomic E-state index is 0.0394. The lowest BCUT2D eigenvalue weighted by Gasteiger charge is -2.38. The molecule has 1 aliphatic heterocycles. The highest BCUT2D eigenvalue weighted by Gasteiger charge is 2.28. The molecule has 2 rings (SSSR count). The van der Waals surface area contributed by atoms with Crippen LogP contribution in [0.15, 0.2) is 35.5 Å². The van der Waals surface area contributed by atoms with Gasteiger partial charge in [-0.1, -0.05) is 49.3 Å². The van der Waals surface area contributed by atoms with E-state index in [9.17, 15) is 0 Å². The number of benzene rings is 1. The Labute approximate surface area is 121 Å². The maximum Gasteiger partial charge on any atom is 0.147 e. The van der Waals surface area contributed by atoms with E-state index in [4.69, 9.17) is 10.9 Å². The smallest absolute Gasteiger partial charge is 0.147 e. The average molecular weight is 275 g/mol. The van der Waals surface area contributed by atoms with Crippen LogP contribution in [-0.2, 0) is 0 Å². The first-order valence-corrected chi connectivity index (χ1v) is 7.26. The van der Waals surface area contributed by atoms with E-state index in [2.05, 4.69) is 23.9 Å². The number of nitrogens with two attached hydrogens (primary N) is 1. The molecule has 110 valence electrons. The first-order valence-electron chi connectivity index (χ1n) is 7.26. The van der Waals surface area contributed by atoms with Crippen molar-refractivity contribution in [3.05, 3.63) is 35.9 Å². The lowest BCUT2D eigenvalue weighted by Crippen LogP contribution is -2.41. The van der Waals surface area contributed by atoms with Crippen molar-refractivity contribution in [3.63, 3.8) is 0 Å². The molecule has 4 heteroatoms. The lowest BCUT2D eigenvalue weighted by molar-refractivity contribution is 0.131. The van der Waals surface area contributed by atoms with Gasteiger partial charge in [-0.2, -0.15) is 0 Å². The summed E-state index contributed by atoms with van der Waals surface area (Å²) in [5.41, 5.74) is 7.44. The van der Waals surface area contributed by atoms with Gasteiger partial charge >= 0.3 is 0 Å². The van der Waals surface area contributed by atoms with Gasteiger partial charge in [-0.3, -0.25) is 0 Å². The van der Waals surface area contributed by atoms with E-state index in [1.165, 1.54) is 12.8 Å². The molecular weight excluding hydrogens is 250 g/mol. The van der Waals surface area contributed by atoms with Gasteiger partial charge in [0, 0.05) is 6.54 Å². The number of nitrogens with zero attached hydrogens (tertiary/aromatic N) is 2. The first kappa shape index (κ1) is 14.9. The minimum atomic E-state index is -0.0394. The maximum atomic E-state index is 9.02. The predicted octanol–water partition coefficient (Wildman–Crippen LogP) is 2.64. The number of hydrogen-bond acceptors (Lipinski definition) is 3. The molecule has 0 saturated carbocycles. The molecule has 0 aliphatic carbocycles. The summed E-state index contributed by atoms with van der Waals surface area (Å²) in [4.78, 5) is 2.42. The predicted molar refractivity (Wildman–Crippen MR) is 82.0 cm³/mol. The normalized spacial score (nSPS) is 21.6. The third-order valence-electron chi connectivity index (χ3n) is 4.32. The molecule has 20 heavy (non-hydrogen) atoms. The van der Waals surface area contributed by atoms with Crippen molar-refractivity contribution in [2.24, 2.45) is 16.3 Å². The van der Waals surface area contributed by atoms with Gasteiger partial charge in [0.25, 0.3) is 0 Å². The molecule has 1 unspecified atom stereocenters. The SMILES string of the molecule is CC1(C)CCN(CC(C(N)=NO)c2ccccc2)CC1. The Hall–Kier alpha value is -1.55. The van der Waals surface area contributed by atoms with E-state index >= 15 is 0 Å². The Morgan fingerprint density at radius 1 is 1.30 bits per heavy atom. The van der Waals surface area contributed by atoms with Gasteiger partial charge in [0.2, 0.25) is 0 Å². The summed E-state index contributed by atoms with van der Waals surface area (Å²) in [7, 11) is 0. The summed E-state index contributed by atoms with van der Waals surface area (Å²) in [5, 5.41) is 12.3. The zero-order chi connectivity index (χ0) is 14.6. The molecule has 4 nitrogen and oxygen atoms in total. The Kier molecular flexibility index (Phi) is 4.65. The largest absolute Gasteiger partial charge is 0.409 e. The second-order valence-electron chi connectivity index (χ2n) is 6.45. The second-order valence-corrected chi connectivity index (χ2v) is 6.45. The van der Waals surface area contributed by atoms with Crippen molar-refractivity contribution in [2.45, 2.75) is 32.6 Å². The van der Waals surface area contributed by atoms with Crippen LogP contribution in [0.25, 0.3) is 0 Å². The highest BCUT2D eigenvalue weighted by Crippen LogP contribution is 2.30. The number of piperidine rings is 1. The summed E-state index contributed by atoms with van der Waals surface area (Å²) < 4.78 is 0.